The summed E-state index contributed by atoms with van der Waals surface area (Å²) in [5.41, 5.74) is 1.34. The van der Waals surface area contributed by atoms with E-state index in [4.69, 9.17) is 0 Å². The van der Waals surface area contributed by atoms with Crippen LogP contribution in [0.5, 0.6) is 0 Å². The van der Waals surface area contributed by atoms with Gasteiger partial charge in [-0.1, -0.05) is 20.8 Å². The molecule has 0 aliphatic carbocycles. The van der Waals surface area contributed by atoms with Crippen LogP contribution in [0.2, 0.25) is 0 Å². The lowest BCUT2D eigenvalue weighted by Gasteiger charge is -2.33. The van der Waals surface area contributed by atoms with Gasteiger partial charge in [0.25, 0.3) is 0 Å². The number of hydrogen-bond donors (Lipinski definition) is 1. The first-order chi connectivity index (χ1) is 8.88. The van der Waals surface area contributed by atoms with Crippen molar-refractivity contribution < 1.29 is 4.39 Å². The van der Waals surface area contributed by atoms with Gasteiger partial charge >= 0.3 is 0 Å². The van der Waals surface area contributed by atoms with Gasteiger partial charge in [0.15, 0.2) is 0 Å². The number of nitrogens with one attached hydrogen (secondary N) is 1. The first-order valence-corrected chi connectivity index (χ1v) is 7.06. The summed E-state index contributed by atoms with van der Waals surface area (Å²) in [6.45, 7) is 10.8. The Labute approximate surface area is 117 Å². The number of benzene rings is 1. The maximum atomic E-state index is 13.0. The minimum absolute atomic E-state index is 0.178. The van der Waals surface area contributed by atoms with Crippen molar-refractivity contribution in [3.8, 4) is 0 Å². The first kappa shape index (κ1) is 16.0. The molecule has 0 spiro atoms. The number of rotatable bonds is 6. The zero-order chi connectivity index (χ0) is 14.5. The Kier molecular flexibility index (Phi) is 5.80. The van der Waals surface area contributed by atoms with Gasteiger partial charge in [-0.25, -0.2) is 4.39 Å². The zero-order valence-corrected chi connectivity index (χ0v) is 12.8. The number of anilines is 1. The fourth-order valence-electron chi connectivity index (χ4n) is 2.42. The lowest BCUT2D eigenvalue weighted by Crippen LogP contribution is -2.41. The lowest BCUT2D eigenvalue weighted by molar-refractivity contribution is 0.269. The summed E-state index contributed by atoms with van der Waals surface area (Å²) in [7, 11) is 2.02. The molecule has 19 heavy (non-hydrogen) atoms. The Morgan fingerprint density at radius 1 is 1.21 bits per heavy atom. The second-order valence-corrected chi connectivity index (χ2v) is 6.05. The van der Waals surface area contributed by atoms with Crippen molar-refractivity contribution in [1.29, 1.82) is 0 Å². The Bertz CT molecular complexity index is 367. The predicted molar refractivity (Wildman–Crippen MR) is 81.2 cm³/mol. The fraction of sp³-hybridized carbons (Fsp3) is 0.625. The normalized spacial score (nSPS) is 13.4. The zero-order valence-electron chi connectivity index (χ0n) is 12.8. The number of hydrogen-bond acceptors (Lipinski definition) is 2. The lowest BCUT2D eigenvalue weighted by atomic mass is 9.85. The van der Waals surface area contributed by atoms with Crippen molar-refractivity contribution in [2.75, 3.05) is 25.0 Å². The molecule has 1 unspecified atom stereocenters. The number of nitrogens with zero attached hydrogens (tertiary/aromatic N) is 1. The van der Waals surface area contributed by atoms with Gasteiger partial charge in [0.05, 0.1) is 0 Å². The fourth-order valence-corrected chi connectivity index (χ4v) is 2.42. The second-order valence-electron chi connectivity index (χ2n) is 6.05. The minimum atomic E-state index is -0.178. The van der Waals surface area contributed by atoms with Crippen LogP contribution in [0.1, 0.15) is 34.1 Å². The average molecular weight is 266 g/mol. The molecule has 1 N–H and O–H groups in total. The third-order valence-corrected chi connectivity index (χ3v) is 3.66. The topological polar surface area (TPSA) is 15.3 Å². The largest absolute Gasteiger partial charge is 0.372 e. The van der Waals surface area contributed by atoms with Gasteiger partial charge in [-0.05, 0) is 50.1 Å². The van der Waals surface area contributed by atoms with Crippen LogP contribution in [0.4, 0.5) is 10.1 Å². The monoisotopic (exact) mass is 266 g/mol. The minimum Gasteiger partial charge on any atom is -0.372 e. The van der Waals surface area contributed by atoms with Crippen LogP contribution in [-0.4, -0.2) is 26.2 Å². The summed E-state index contributed by atoms with van der Waals surface area (Å²) in [5, 5.41) is 3.40. The summed E-state index contributed by atoms with van der Waals surface area (Å²) in [5.74, 6) is -0.178. The molecule has 2 nitrogen and oxygen atoms in total. The highest BCUT2D eigenvalue weighted by Crippen LogP contribution is 2.23. The van der Waals surface area contributed by atoms with Crippen LogP contribution >= 0.6 is 0 Å². The molecule has 1 aromatic carbocycles. The van der Waals surface area contributed by atoms with Crippen LogP contribution in [0, 0.1) is 11.2 Å². The molecule has 0 amide bonds. The van der Waals surface area contributed by atoms with Crippen molar-refractivity contribution in [1.82, 2.24) is 5.32 Å². The highest BCUT2D eigenvalue weighted by molar-refractivity contribution is 5.46. The third kappa shape index (κ3) is 4.83. The van der Waals surface area contributed by atoms with Gasteiger partial charge in [0.2, 0.25) is 0 Å². The maximum absolute atomic E-state index is 13.0. The van der Waals surface area contributed by atoms with Crippen molar-refractivity contribution in [2.45, 2.75) is 40.2 Å². The molecule has 0 aliphatic rings. The molecule has 1 aromatic rings. The smallest absolute Gasteiger partial charge is 0.123 e. The standard InChI is InChI=1S/C16H27FN2/c1-6-19(14-9-7-13(17)8-10-14)12-11-15(18-5)16(2,3)4/h7-10,15,18H,6,11-12H2,1-5H3. The van der Waals surface area contributed by atoms with Crippen LogP contribution in [0.25, 0.3) is 0 Å². The maximum Gasteiger partial charge on any atom is 0.123 e. The van der Waals surface area contributed by atoms with Crippen LogP contribution in [0.3, 0.4) is 0 Å². The quantitative estimate of drug-likeness (QED) is 0.845. The van der Waals surface area contributed by atoms with Gasteiger partial charge in [-0.3, -0.25) is 0 Å². The number of halogens is 1. The molecular weight excluding hydrogens is 239 g/mol. The SMILES string of the molecule is CCN(CCC(NC)C(C)(C)C)c1ccc(F)cc1. The van der Waals surface area contributed by atoms with E-state index in [0.29, 0.717) is 6.04 Å². The Hall–Kier alpha value is -1.09. The summed E-state index contributed by atoms with van der Waals surface area (Å²) in [4.78, 5) is 2.29. The molecule has 3 heteroatoms. The van der Waals surface area contributed by atoms with Gasteiger partial charge < -0.3 is 10.2 Å². The average Bonchev–Trinajstić information content (AvgIpc) is 2.35. The molecule has 0 bridgehead atoms. The van der Waals surface area contributed by atoms with Crippen LogP contribution in [0.15, 0.2) is 24.3 Å². The second kappa shape index (κ2) is 6.90. The molecule has 0 aliphatic heterocycles. The van der Waals surface area contributed by atoms with Gasteiger partial charge in [0, 0.05) is 24.8 Å². The van der Waals surface area contributed by atoms with Crippen LogP contribution < -0.4 is 10.2 Å². The van der Waals surface area contributed by atoms with E-state index >= 15 is 0 Å². The highest BCUT2D eigenvalue weighted by atomic mass is 19.1. The molecular formula is C16H27FN2. The Morgan fingerprint density at radius 2 is 1.79 bits per heavy atom. The molecule has 1 rings (SSSR count). The van der Waals surface area contributed by atoms with Crippen LogP contribution in [-0.2, 0) is 0 Å². The van der Waals surface area contributed by atoms with E-state index in [0.717, 1.165) is 25.2 Å². The summed E-state index contributed by atoms with van der Waals surface area (Å²) >= 11 is 0. The highest BCUT2D eigenvalue weighted by Gasteiger charge is 2.23. The Balaban J connectivity index is 2.65. The van der Waals surface area contributed by atoms with E-state index in [-0.39, 0.29) is 11.2 Å². The van der Waals surface area contributed by atoms with E-state index in [2.05, 4.69) is 37.9 Å². The van der Waals surface area contributed by atoms with Crippen molar-refractivity contribution >= 4 is 5.69 Å². The predicted octanol–water partition coefficient (Wildman–Crippen LogP) is 3.68. The van der Waals surface area contributed by atoms with Gasteiger partial charge in [0.1, 0.15) is 5.82 Å². The van der Waals surface area contributed by atoms with Crippen molar-refractivity contribution in [3.63, 3.8) is 0 Å². The first-order valence-electron chi connectivity index (χ1n) is 7.06. The summed E-state index contributed by atoms with van der Waals surface area (Å²) in [6.07, 6.45) is 1.07. The molecule has 0 saturated carbocycles. The third-order valence-electron chi connectivity index (χ3n) is 3.66. The van der Waals surface area contributed by atoms with Crippen molar-refractivity contribution in [2.24, 2.45) is 5.41 Å². The summed E-state index contributed by atoms with van der Waals surface area (Å²) < 4.78 is 13.0. The molecule has 0 radical (unpaired) electrons. The van der Waals surface area contributed by atoms with E-state index in [1.54, 1.807) is 0 Å². The molecule has 0 fully saturated rings. The molecule has 108 valence electrons. The molecule has 0 heterocycles. The van der Waals surface area contributed by atoms with E-state index < -0.39 is 0 Å². The molecule has 0 aromatic heterocycles. The van der Waals surface area contributed by atoms with Crippen molar-refractivity contribution in [3.05, 3.63) is 30.1 Å². The summed E-state index contributed by atoms with van der Waals surface area (Å²) in [6, 6.07) is 7.23. The Morgan fingerprint density at radius 3 is 2.21 bits per heavy atom. The molecule has 0 saturated heterocycles. The van der Waals surface area contributed by atoms with E-state index in [1.807, 2.05) is 19.2 Å². The van der Waals surface area contributed by atoms with E-state index in [1.165, 1.54) is 12.1 Å². The van der Waals surface area contributed by atoms with E-state index in [9.17, 15) is 4.39 Å². The molecule has 1 atom stereocenters. The van der Waals surface area contributed by atoms with Gasteiger partial charge in [-0.2, -0.15) is 0 Å². The van der Waals surface area contributed by atoms with Gasteiger partial charge in [-0.15, -0.1) is 0 Å².